The average Bonchev–Trinajstić information content (AvgIpc) is 3.88. The van der Waals surface area contributed by atoms with Crippen LogP contribution >= 0.6 is 0 Å². The highest BCUT2D eigenvalue weighted by atomic mass is 15.0. The maximum atomic E-state index is 7.88. The normalized spacial score (nSPS) is 11.5. The summed E-state index contributed by atoms with van der Waals surface area (Å²) in [4.78, 5) is 19.5. The first-order valence-corrected chi connectivity index (χ1v) is 22.1. The van der Waals surface area contributed by atoms with Crippen molar-refractivity contribution in [2.24, 2.45) is 0 Å². The Morgan fingerprint density at radius 3 is 1.53 bits per heavy atom. The van der Waals surface area contributed by atoms with Crippen LogP contribution in [0.4, 0.5) is 5.69 Å². The van der Waals surface area contributed by atoms with Crippen molar-refractivity contribution >= 4 is 49.3 Å². The van der Waals surface area contributed by atoms with Gasteiger partial charge in [0.05, 0.1) is 34.3 Å². The molecule has 0 spiro atoms. The first-order chi connectivity index (χ1) is 32.5. The van der Waals surface area contributed by atoms with Crippen LogP contribution in [-0.4, -0.2) is 24.1 Å². The van der Waals surface area contributed by atoms with Crippen molar-refractivity contribution in [2.75, 3.05) is 0 Å². The van der Waals surface area contributed by atoms with E-state index in [1.54, 1.807) is 0 Å². The highest BCUT2D eigenvalue weighted by Crippen LogP contribution is 2.44. The summed E-state index contributed by atoms with van der Waals surface area (Å²) < 4.78 is 4.78. The van der Waals surface area contributed by atoms with Crippen LogP contribution in [0.1, 0.15) is 11.1 Å². The minimum absolute atomic E-state index is 0.561. The van der Waals surface area contributed by atoms with Gasteiger partial charge in [0, 0.05) is 49.5 Å². The number of hydrogen-bond donors (Lipinski definition) is 0. The standard InChI is InChI=1S/C60H40N6/c1-38-25-30-55-50(33-38)46-21-10-12-23-53(46)65(55)45-28-29-48(60-63-58(40-15-6-4-7-16-40)62-59(64-60)41-17-8-5-9-18-41)49(37-45)52-36-43(42-19-14-20-44(35-42)61-3)27-32-57(52)66-54-24-13-11-22-47(54)51-34-39(2)26-31-56(51)66/h4-37H,1-2H3. The first kappa shape index (κ1) is 38.7. The average molecular weight is 845 g/mol. The molecule has 66 heavy (non-hydrogen) atoms. The van der Waals surface area contributed by atoms with Gasteiger partial charge in [-0.1, -0.05) is 145 Å². The fourth-order valence-corrected chi connectivity index (χ4v) is 9.61. The van der Waals surface area contributed by atoms with Gasteiger partial charge in [0.1, 0.15) is 0 Å². The molecule has 0 bridgehead atoms. The molecule has 6 heteroatoms. The molecule has 0 radical (unpaired) electrons. The first-order valence-electron chi connectivity index (χ1n) is 22.1. The van der Waals surface area contributed by atoms with Crippen molar-refractivity contribution in [3.05, 3.63) is 229 Å². The topological polar surface area (TPSA) is 52.9 Å². The number of hydrogen-bond acceptors (Lipinski definition) is 3. The monoisotopic (exact) mass is 844 g/mol. The molecule has 0 atom stereocenters. The Bertz CT molecular complexity index is 3850. The number of fused-ring (bicyclic) bond motifs is 6. The van der Waals surface area contributed by atoms with Gasteiger partial charge in [0.25, 0.3) is 0 Å². The fourth-order valence-electron chi connectivity index (χ4n) is 9.61. The van der Waals surface area contributed by atoms with Crippen molar-refractivity contribution in [3.63, 3.8) is 0 Å². The third kappa shape index (κ3) is 6.53. The lowest BCUT2D eigenvalue weighted by atomic mass is 9.92. The summed E-state index contributed by atoms with van der Waals surface area (Å²) in [6.07, 6.45) is 0. The zero-order valence-electron chi connectivity index (χ0n) is 36.3. The number of benzene rings is 9. The third-order valence-corrected chi connectivity index (χ3v) is 12.7. The maximum Gasteiger partial charge on any atom is 0.187 e. The fraction of sp³-hybridized carbons (Fsp3) is 0.0333. The molecule has 0 aliphatic heterocycles. The molecule has 0 fully saturated rings. The SMILES string of the molecule is [C-]#[N+]c1cccc(-c2ccc(-n3c4ccccc4c4cc(C)ccc43)c(-c3cc(-n4c5ccccc5c5cc(C)ccc54)ccc3-c3nc(-c4ccccc4)nc(-c4ccccc4)n3)c2)c1. The van der Waals surface area contributed by atoms with Crippen LogP contribution in [0.15, 0.2) is 206 Å². The molecule has 12 rings (SSSR count). The van der Waals surface area contributed by atoms with E-state index in [2.05, 4.69) is 155 Å². The second-order valence-corrected chi connectivity index (χ2v) is 16.9. The van der Waals surface area contributed by atoms with Crippen molar-refractivity contribution in [2.45, 2.75) is 13.8 Å². The lowest BCUT2D eigenvalue weighted by Crippen LogP contribution is -2.04. The third-order valence-electron chi connectivity index (χ3n) is 12.7. The van der Waals surface area contributed by atoms with Gasteiger partial charge < -0.3 is 9.13 Å². The molecule has 9 aromatic carbocycles. The lowest BCUT2D eigenvalue weighted by molar-refractivity contribution is 1.07. The molecule has 3 heterocycles. The molecule has 0 amide bonds. The van der Waals surface area contributed by atoms with E-state index in [9.17, 15) is 0 Å². The molecule has 12 aromatic rings. The number of nitrogens with zero attached hydrogens (tertiary/aromatic N) is 6. The Hall–Kier alpha value is -8.92. The van der Waals surface area contributed by atoms with Gasteiger partial charge in [-0.3, -0.25) is 0 Å². The Balaban J connectivity index is 1.22. The van der Waals surface area contributed by atoms with Crippen molar-refractivity contribution in [3.8, 4) is 67.8 Å². The summed E-state index contributed by atoms with van der Waals surface area (Å²) in [7, 11) is 0. The summed E-state index contributed by atoms with van der Waals surface area (Å²) in [5, 5.41) is 4.78. The molecular formula is C60H40N6. The van der Waals surface area contributed by atoms with Crippen LogP contribution in [0.5, 0.6) is 0 Å². The highest BCUT2D eigenvalue weighted by molar-refractivity contribution is 6.11. The molecule has 3 aromatic heterocycles. The largest absolute Gasteiger partial charge is 0.309 e. The number of aryl methyl sites for hydroxylation is 2. The zero-order valence-corrected chi connectivity index (χ0v) is 36.3. The molecule has 0 N–H and O–H groups in total. The molecule has 6 nitrogen and oxygen atoms in total. The molecule has 0 saturated carbocycles. The Kier molecular flexibility index (Phi) is 9.22. The summed E-state index contributed by atoms with van der Waals surface area (Å²) >= 11 is 0. The molecule has 310 valence electrons. The lowest BCUT2D eigenvalue weighted by Gasteiger charge is -2.20. The Labute approximate surface area is 382 Å². The highest BCUT2D eigenvalue weighted by Gasteiger charge is 2.23. The van der Waals surface area contributed by atoms with E-state index in [4.69, 9.17) is 21.5 Å². The van der Waals surface area contributed by atoms with Crippen LogP contribution in [0, 0.1) is 20.4 Å². The van der Waals surface area contributed by atoms with Gasteiger partial charge in [-0.15, -0.1) is 0 Å². The molecule has 0 aliphatic carbocycles. The van der Waals surface area contributed by atoms with Gasteiger partial charge in [-0.25, -0.2) is 19.8 Å². The predicted molar refractivity (Wildman–Crippen MR) is 271 cm³/mol. The molecular weight excluding hydrogens is 805 g/mol. The van der Waals surface area contributed by atoms with Crippen LogP contribution < -0.4 is 0 Å². The molecule has 0 aliphatic rings. The summed E-state index contributed by atoms with van der Waals surface area (Å²) in [6.45, 7) is 12.2. The van der Waals surface area contributed by atoms with Crippen LogP contribution in [-0.2, 0) is 0 Å². The van der Waals surface area contributed by atoms with Crippen molar-refractivity contribution in [1.82, 2.24) is 24.1 Å². The summed E-state index contributed by atoms with van der Waals surface area (Å²) in [6, 6.07) is 72.3. The van der Waals surface area contributed by atoms with Gasteiger partial charge in [-0.2, -0.15) is 0 Å². The minimum atomic E-state index is 0.561. The Morgan fingerprint density at radius 2 is 0.894 bits per heavy atom. The molecule has 0 unspecified atom stereocenters. The van der Waals surface area contributed by atoms with Gasteiger partial charge in [0.15, 0.2) is 23.2 Å². The van der Waals surface area contributed by atoms with E-state index in [0.717, 1.165) is 72.4 Å². The maximum absolute atomic E-state index is 7.88. The smallest absolute Gasteiger partial charge is 0.187 e. The molecule has 0 saturated heterocycles. The van der Waals surface area contributed by atoms with Gasteiger partial charge in [0.2, 0.25) is 0 Å². The van der Waals surface area contributed by atoms with E-state index < -0.39 is 0 Å². The van der Waals surface area contributed by atoms with E-state index in [-0.39, 0.29) is 0 Å². The van der Waals surface area contributed by atoms with Crippen molar-refractivity contribution in [1.29, 1.82) is 0 Å². The number of para-hydroxylation sites is 2. The summed E-state index contributed by atoms with van der Waals surface area (Å²) in [5.41, 5.74) is 16.0. The number of rotatable bonds is 7. The van der Waals surface area contributed by atoms with E-state index in [1.165, 1.54) is 32.7 Å². The Morgan fingerprint density at radius 1 is 0.364 bits per heavy atom. The van der Waals surface area contributed by atoms with Crippen molar-refractivity contribution < 1.29 is 0 Å². The van der Waals surface area contributed by atoms with Crippen LogP contribution in [0.2, 0.25) is 0 Å². The second-order valence-electron chi connectivity index (χ2n) is 16.9. The van der Waals surface area contributed by atoms with E-state index in [0.29, 0.717) is 23.2 Å². The van der Waals surface area contributed by atoms with Gasteiger partial charge in [-0.05, 0) is 103 Å². The predicted octanol–water partition coefficient (Wildman–Crippen LogP) is 15.6. The van der Waals surface area contributed by atoms with E-state index >= 15 is 0 Å². The zero-order chi connectivity index (χ0) is 44.3. The quantitative estimate of drug-likeness (QED) is 0.150. The summed E-state index contributed by atoms with van der Waals surface area (Å²) in [5.74, 6) is 1.75. The van der Waals surface area contributed by atoms with Crippen LogP contribution in [0.3, 0.4) is 0 Å². The van der Waals surface area contributed by atoms with E-state index in [1.807, 2.05) is 78.9 Å². The number of aromatic nitrogens is 5. The van der Waals surface area contributed by atoms with Crippen LogP contribution in [0.25, 0.3) is 116 Å². The minimum Gasteiger partial charge on any atom is -0.309 e. The van der Waals surface area contributed by atoms with Gasteiger partial charge >= 0.3 is 0 Å². The second kappa shape index (κ2) is 15.7.